The van der Waals surface area contributed by atoms with E-state index in [0.717, 1.165) is 10.0 Å². The Labute approximate surface area is 73.6 Å². The maximum atomic E-state index is 12.3. The largest absolute Gasteiger partial charge is 0.207 e. The molecule has 0 fully saturated rings. The van der Waals surface area contributed by atoms with Crippen LogP contribution in [-0.2, 0) is 0 Å². The van der Waals surface area contributed by atoms with Gasteiger partial charge in [0.25, 0.3) is 0 Å². The molecule has 0 saturated carbocycles. The second kappa shape index (κ2) is 4.86. The van der Waals surface area contributed by atoms with Gasteiger partial charge in [0.1, 0.15) is 5.82 Å². The molecule has 1 rings (SSSR count). The molecule has 1 aromatic rings. The molecule has 0 heterocycles. The van der Waals surface area contributed by atoms with E-state index in [1.807, 2.05) is 6.92 Å². The lowest BCUT2D eigenvalue weighted by molar-refractivity contribution is 0.626. The number of aryl methyl sites for hydroxylation is 1. The third kappa shape index (κ3) is 3.15. The van der Waals surface area contributed by atoms with Crippen molar-refractivity contribution < 1.29 is 4.39 Å². The molecule has 0 aliphatic rings. The van der Waals surface area contributed by atoms with Crippen molar-refractivity contribution >= 4 is 15.9 Å². The molecular formula is C8H7BrFN. The maximum Gasteiger partial charge on any atom is 0.123 e. The van der Waals surface area contributed by atoms with Crippen LogP contribution in [0.4, 0.5) is 4.39 Å². The Balaban J connectivity index is 0.000000461. The molecule has 0 atom stereocenters. The molecule has 0 aromatic heterocycles. The van der Waals surface area contributed by atoms with Crippen LogP contribution in [0.25, 0.3) is 0 Å². The zero-order valence-electron chi connectivity index (χ0n) is 6.01. The topological polar surface area (TPSA) is 23.8 Å². The van der Waals surface area contributed by atoms with Crippen LogP contribution in [0.1, 0.15) is 5.56 Å². The minimum atomic E-state index is -0.185. The van der Waals surface area contributed by atoms with E-state index < -0.39 is 0 Å². The zero-order valence-corrected chi connectivity index (χ0v) is 7.60. The lowest BCUT2D eigenvalue weighted by Crippen LogP contribution is -1.76. The number of nitrogens with zero attached hydrogens (tertiary/aromatic N) is 1. The van der Waals surface area contributed by atoms with E-state index in [0.29, 0.717) is 0 Å². The third-order valence-electron chi connectivity index (χ3n) is 1.12. The van der Waals surface area contributed by atoms with E-state index in [-0.39, 0.29) is 5.82 Å². The molecule has 58 valence electrons. The van der Waals surface area contributed by atoms with Gasteiger partial charge in [0.2, 0.25) is 0 Å². The molecular weight excluding hydrogens is 209 g/mol. The normalized spacial score (nSPS) is 8.09. The van der Waals surface area contributed by atoms with Crippen LogP contribution in [0.2, 0.25) is 0 Å². The van der Waals surface area contributed by atoms with E-state index in [2.05, 4.69) is 22.5 Å². The number of hydrogen-bond acceptors (Lipinski definition) is 1. The molecule has 0 aliphatic heterocycles. The average Bonchev–Trinajstić information content (AvgIpc) is 2.02. The van der Waals surface area contributed by atoms with E-state index in [9.17, 15) is 4.39 Å². The molecule has 11 heavy (non-hydrogen) atoms. The summed E-state index contributed by atoms with van der Waals surface area (Å²) in [6, 6.07) is 4.62. The lowest BCUT2D eigenvalue weighted by Gasteiger charge is -1.94. The van der Waals surface area contributed by atoms with Crippen LogP contribution >= 0.6 is 15.9 Å². The summed E-state index contributed by atoms with van der Waals surface area (Å²) < 4.78 is 13.3. The minimum Gasteiger partial charge on any atom is -0.207 e. The first-order chi connectivity index (χ1) is 5.20. The highest BCUT2D eigenvalue weighted by Crippen LogP contribution is 2.15. The highest BCUT2D eigenvalue weighted by molar-refractivity contribution is 9.10. The van der Waals surface area contributed by atoms with Gasteiger partial charge in [0.15, 0.2) is 0 Å². The molecule has 0 aliphatic carbocycles. The second-order valence-electron chi connectivity index (χ2n) is 1.89. The fourth-order valence-corrected chi connectivity index (χ4v) is 0.855. The highest BCUT2D eigenvalue weighted by atomic mass is 79.9. The van der Waals surface area contributed by atoms with Crippen molar-refractivity contribution in [1.82, 2.24) is 0 Å². The predicted molar refractivity (Wildman–Crippen MR) is 45.5 cm³/mol. The van der Waals surface area contributed by atoms with Crippen molar-refractivity contribution in [3.63, 3.8) is 0 Å². The van der Waals surface area contributed by atoms with Gasteiger partial charge in [0.05, 0.1) is 0 Å². The van der Waals surface area contributed by atoms with Gasteiger partial charge in [-0.25, -0.2) is 9.65 Å². The molecule has 0 N–H and O–H groups in total. The quantitative estimate of drug-likeness (QED) is 0.653. The van der Waals surface area contributed by atoms with Gasteiger partial charge in [-0.3, -0.25) is 0 Å². The molecule has 0 bridgehead atoms. The van der Waals surface area contributed by atoms with Crippen molar-refractivity contribution in [2.24, 2.45) is 0 Å². The summed E-state index contributed by atoms with van der Waals surface area (Å²) in [4.78, 5) is 0. The van der Waals surface area contributed by atoms with Crippen LogP contribution < -0.4 is 0 Å². The molecule has 3 heteroatoms. The van der Waals surface area contributed by atoms with Crippen LogP contribution in [0.5, 0.6) is 0 Å². The average molecular weight is 216 g/mol. The van der Waals surface area contributed by atoms with Crippen LogP contribution in [0.15, 0.2) is 22.7 Å². The minimum absolute atomic E-state index is 0.185. The van der Waals surface area contributed by atoms with E-state index in [1.54, 1.807) is 6.07 Å². The summed E-state index contributed by atoms with van der Waals surface area (Å²) in [7, 11) is 0. The maximum absolute atomic E-state index is 12.3. The molecule has 1 nitrogen and oxygen atoms in total. The SMILES string of the molecule is C#N.Cc1cc(F)ccc1Br. The fraction of sp³-hybridized carbons (Fsp3) is 0.125. The Bertz CT molecular complexity index is 258. The number of rotatable bonds is 0. The number of nitriles is 1. The number of halogens is 2. The number of hydrogen-bond donors (Lipinski definition) is 0. The highest BCUT2D eigenvalue weighted by Gasteiger charge is 1.93. The van der Waals surface area contributed by atoms with Crippen molar-refractivity contribution in [3.8, 4) is 6.57 Å². The molecule has 0 saturated heterocycles. The van der Waals surface area contributed by atoms with Gasteiger partial charge in [-0.2, -0.15) is 0 Å². The summed E-state index contributed by atoms with van der Waals surface area (Å²) in [6.07, 6.45) is 0. The van der Waals surface area contributed by atoms with E-state index >= 15 is 0 Å². The Morgan fingerprint density at radius 1 is 1.45 bits per heavy atom. The van der Waals surface area contributed by atoms with Gasteiger partial charge in [-0.15, -0.1) is 0 Å². The van der Waals surface area contributed by atoms with Crippen LogP contribution in [0.3, 0.4) is 0 Å². The first kappa shape index (κ1) is 10.1. The predicted octanol–water partition coefficient (Wildman–Crippen LogP) is 3.04. The zero-order chi connectivity index (χ0) is 8.85. The van der Waals surface area contributed by atoms with Gasteiger partial charge in [-0.1, -0.05) is 15.9 Å². The lowest BCUT2D eigenvalue weighted by atomic mass is 10.2. The van der Waals surface area contributed by atoms with Gasteiger partial charge in [-0.05, 0) is 30.7 Å². The van der Waals surface area contributed by atoms with E-state index in [1.165, 1.54) is 12.1 Å². The standard InChI is InChI=1S/C7H6BrF.CHN/c1-5-4-6(9)2-3-7(5)8;1-2/h2-4H,1H3;1H. The molecule has 0 spiro atoms. The molecule has 0 unspecified atom stereocenters. The summed E-state index contributed by atoms with van der Waals surface area (Å²) >= 11 is 3.26. The number of benzene rings is 1. The summed E-state index contributed by atoms with van der Waals surface area (Å²) in [6.45, 7) is 5.35. The summed E-state index contributed by atoms with van der Waals surface area (Å²) in [5.74, 6) is -0.185. The van der Waals surface area contributed by atoms with Crippen molar-refractivity contribution in [1.29, 1.82) is 5.26 Å². The smallest absolute Gasteiger partial charge is 0.123 e. The fourth-order valence-electron chi connectivity index (χ4n) is 0.608. The first-order valence-corrected chi connectivity index (χ1v) is 3.67. The second-order valence-corrected chi connectivity index (χ2v) is 2.75. The first-order valence-electron chi connectivity index (χ1n) is 2.87. The Morgan fingerprint density at radius 3 is 2.36 bits per heavy atom. The van der Waals surface area contributed by atoms with Gasteiger partial charge in [0, 0.05) is 11.0 Å². The molecule has 1 aromatic carbocycles. The summed E-state index contributed by atoms with van der Waals surface area (Å²) in [5.41, 5.74) is 0.926. The molecule has 0 radical (unpaired) electrons. The van der Waals surface area contributed by atoms with Crippen LogP contribution in [-0.4, -0.2) is 0 Å². The van der Waals surface area contributed by atoms with Gasteiger partial charge < -0.3 is 0 Å². The van der Waals surface area contributed by atoms with Crippen molar-refractivity contribution in [2.45, 2.75) is 6.92 Å². The van der Waals surface area contributed by atoms with Crippen molar-refractivity contribution in [3.05, 3.63) is 34.1 Å². The molecule has 0 amide bonds. The Morgan fingerprint density at radius 2 is 2.00 bits per heavy atom. The van der Waals surface area contributed by atoms with Gasteiger partial charge >= 0.3 is 0 Å². The third-order valence-corrected chi connectivity index (χ3v) is 2.01. The van der Waals surface area contributed by atoms with E-state index in [4.69, 9.17) is 5.26 Å². The Hall–Kier alpha value is -0.880. The Kier molecular flexibility index (Phi) is 4.47. The van der Waals surface area contributed by atoms with Crippen molar-refractivity contribution in [2.75, 3.05) is 0 Å². The summed E-state index contributed by atoms with van der Waals surface area (Å²) in [5, 5.41) is 6.50. The monoisotopic (exact) mass is 215 g/mol. The van der Waals surface area contributed by atoms with Crippen LogP contribution in [0, 0.1) is 24.6 Å².